The zero-order valence-electron chi connectivity index (χ0n) is 17.5. The fourth-order valence-electron chi connectivity index (χ4n) is 3.33. The van der Waals surface area contributed by atoms with Crippen LogP contribution in [0, 0.1) is 6.92 Å². The molecule has 1 heterocycles. The van der Waals surface area contributed by atoms with Crippen LogP contribution in [0.2, 0.25) is 0 Å². The van der Waals surface area contributed by atoms with Gasteiger partial charge in [-0.15, -0.1) is 0 Å². The third kappa shape index (κ3) is 4.53. The maximum atomic E-state index is 12.9. The highest BCUT2D eigenvalue weighted by Crippen LogP contribution is 2.28. The second-order valence-electron chi connectivity index (χ2n) is 7.71. The van der Waals surface area contributed by atoms with E-state index < -0.39 is 0 Å². The summed E-state index contributed by atoms with van der Waals surface area (Å²) >= 11 is 1.29. The van der Waals surface area contributed by atoms with E-state index in [1.54, 1.807) is 10.6 Å². The first-order chi connectivity index (χ1) is 13.8. The molecule has 0 spiro atoms. The summed E-state index contributed by atoms with van der Waals surface area (Å²) in [5.74, 6) is 0.388. The monoisotopic (exact) mass is 409 g/mol. The predicted molar refractivity (Wildman–Crippen MR) is 121 cm³/mol. The van der Waals surface area contributed by atoms with Crippen LogP contribution in [0.25, 0.3) is 10.9 Å². The number of fused-ring (bicyclic) bond motifs is 1. The zero-order valence-corrected chi connectivity index (χ0v) is 18.3. The second kappa shape index (κ2) is 8.82. The Hall–Kier alpha value is -2.60. The Morgan fingerprint density at radius 3 is 2.52 bits per heavy atom. The van der Waals surface area contributed by atoms with Crippen molar-refractivity contribution in [2.45, 2.75) is 51.7 Å². The molecule has 29 heavy (non-hydrogen) atoms. The van der Waals surface area contributed by atoms with Crippen LogP contribution in [0.3, 0.4) is 0 Å². The number of para-hydroxylation sites is 2. The third-order valence-corrected chi connectivity index (χ3v) is 5.77. The number of aryl methyl sites for hydroxylation is 1. The minimum Gasteiger partial charge on any atom is -0.325 e. The van der Waals surface area contributed by atoms with Gasteiger partial charge < -0.3 is 5.32 Å². The Morgan fingerprint density at radius 2 is 1.83 bits per heavy atom. The lowest BCUT2D eigenvalue weighted by atomic mass is 9.98. The van der Waals surface area contributed by atoms with Crippen LogP contribution in [0.1, 0.15) is 50.8 Å². The third-order valence-electron chi connectivity index (χ3n) is 4.82. The van der Waals surface area contributed by atoms with Crippen molar-refractivity contribution < 1.29 is 4.79 Å². The van der Waals surface area contributed by atoms with Crippen LogP contribution in [-0.2, 0) is 4.79 Å². The van der Waals surface area contributed by atoms with E-state index in [0.717, 1.165) is 16.8 Å². The van der Waals surface area contributed by atoms with Gasteiger partial charge in [-0.25, -0.2) is 4.98 Å². The van der Waals surface area contributed by atoms with E-state index in [4.69, 9.17) is 0 Å². The van der Waals surface area contributed by atoms with Crippen LogP contribution in [-0.4, -0.2) is 21.2 Å². The van der Waals surface area contributed by atoms with E-state index in [-0.39, 0.29) is 23.3 Å². The van der Waals surface area contributed by atoms with Crippen molar-refractivity contribution in [2.24, 2.45) is 0 Å². The molecule has 2 aromatic carbocycles. The van der Waals surface area contributed by atoms with Gasteiger partial charge in [-0.3, -0.25) is 14.2 Å². The standard InChI is InChI=1S/C23H27N3O2S/c1-14(2)17-11-8-9-16(5)21(17)25-20(27)13-29-23-24-19-12-7-6-10-18(19)22(28)26(23)15(3)4/h6-12,14-15H,13H2,1-5H3,(H,25,27). The van der Waals surface area contributed by atoms with Crippen molar-refractivity contribution in [3.05, 3.63) is 63.9 Å². The molecule has 1 amide bonds. The number of nitrogens with zero attached hydrogens (tertiary/aromatic N) is 2. The van der Waals surface area contributed by atoms with E-state index >= 15 is 0 Å². The van der Waals surface area contributed by atoms with Gasteiger partial charge >= 0.3 is 0 Å². The summed E-state index contributed by atoms with van der Waals surface area (Å²) in [6.45, 7) is 10.1. The normalized spacial score (nSPS) is 11.4. The van der Waals surface area contributed by atoms with Crippen LogP contribution in [0.15, 0.2) is 52.4 Å². The van der Waals surface area contributed by atoms with Crippen LogP contribution in [0.5, 0.6) is 0 Å². The maximum absolute atomic E-state index is 12.9. The van der Waals surface area contributed by atoms with Crippen LogP contribution >= 0.6 is 11.8 Å². The largest absolute Gasteiger partial charge is 0.325 e. The fraction of sp³-hybridized carbons (Fsp3) is 0.348. The van der Waals surface area contributed by atoms with Gasteiger partial charge in [0.1, 0.15) is 0 Å². The van der Waals surface area contributed by atoms with Crippen LogP contribution < -0.4 is 10.9 Å². The Morgan fingerprint density at radius 1 is 1.10 bits per heavy atom. The topological polar surface area (TPSA) is 64.0 Å². The van der Waals surface area contributed by atoms with Crippen LogP contribution in [0.4, 0.5) is 5.69 Å². The van der Waals surface area contributed by atoms with E-state index in [9.17, 15) is 9.59 Å². The number of carbonyl (C=O) groups is 1. The first-order valence-corrected chi connectivity index (χ1v) is 10.8. The molecule has 3 rings (SSSR count). The molecule has 0 aliphatic rings. The second-order valence-corrected chi connectivity index (χ2v) is 8.65. The first-order valence-electron chi connectivity index (χ1n) is 9.83. The number of nitrogens with one attached hydrogen (secondary N) is 1. The number of hydrogen-bond acceptors (Lipinski definition) is 4. The SMILES string of the molecule is Cc1cccc(C(C)C)c1NC(=O)CSc1nc2ccccc2c(=O)n1C(C)C. The van der Waals surface area contributed by atoms with Crippen molar-refractivity contribution >= 4 is 34.3 Å². The average Bonchev–Trinajstić information content (AvgIpc) is 2.67. The van der Waals surface area contributed by atoms with Gasteiger partial charge in [0.25, 0.3) is 5.56 Å². The number of benzene rings is 2. The highest BCUT2D eigenvalue weighted by molar-refractivity contribution is 7.99. The molecule has 152 valence electrons. The molecule has 0 aliphatic carbocycles. The molecule has 1 N–H and O–H groups in total. The molecule has 0 radical (unpaired) electrons. The summed E-state index contributed by atoms with van der Waals surface area (Å²) in [7, 11) is 0. The number of rotatable bonds is 6. The number of carbonyl (C=O) groups excluding carboxylic acids is 1. The average molecular weight is 410 g/mol. The van der Waals surface area contributed by atoms with E-state index in [2.05, 4.69) is 24.1 Å². The molecular formula is C23H27N3O2S. The molecule has 0 aliphatic heterocycles. The number of hydrogen-bond donors (Lipinski definition) is 1. The highest BCUT2D eigenvalue weighted by Gasteiger charge is 2.17. The zero-order chi connectivity index (χ0) is 21.1. The molecule has 5 nitrogen and oxygen atoms in total. The lowest BCUT2D eigenvalue weighted by Crippen LogP contribution is -2.25. The summed E-state index contributed by atoms with van der Waals surface area (Å²) in [4.78, 5) is 30.2. The Balaban J connectivity index is 1.85. The molecule has 6 heteroatoms. The Bertz CT molecular complexity index is 1100. The maximum Gasteiger partial charge on any atom is 0.262 e. The van der Waals surface area contributed by atoms with Crippen molar-refractivity contribution in [3.63, 3.8) is 0 Å². The van der Waals surface area contributed by atoms with E-state index in [0.29, 0.717) is 22.0 Å². The molecule has 0 fully saturated rings. The number of anilines is 1. The fourth-order valence-corrected chi connectivity index (χ4v) is 4.26. The smallest absolute Gasteiger partial charge is 0.262 e. The molecule has 0 atom stereocenters. The van der Waals surface area contributed by atoms with Gasteiger partial charge in [0, 0.05) is 11.7 Å². The summed E-state index contributed by atoms with van der Waals surface area (Å²) in [5.41, 5.74) is 3.61. The molecular weight excluding hydrogens is 382 g/mol. The highest BCUT2D eigenvalue weighted by atomic mass is 32.2. The Labute approximate surface area is 175 Å². The van der Waals surface area contributed by atoms with Gasteiger partial charge in [-0.1, -0.05) is 55.9 Å². The molecule has 1 aromatic heterocycles. The van der Waals surface area contributed by atoms with Gasteiger partial charge in [-0.05, 0) is 49.9 Å². The number of amides is 1. The lowest BCUT2D eigenvalue weighted by Gasteiger charge is -2.18. The van der Waals surface area contributed by atoms with Gasteiger partial charge in [0.15, 0.2) is 5.16 Å². The summed E-state index contributed by atoms with van der Waals surface area (Å²) in [6, 6.07) is 13.3. The van der Waals surface area contributed by atoms with Crippen molar-refractivity contribution in [3.8, 4) is 0 Å². The predicted octanol–water partition coefficient (Wildman–Crippen LogP) is 5.14. The van der Waals surface area contributed by atoms with Crippen molar-refractivity contribution in [2.75, 3.05) is 11.1 Å². The van der Waals surface area contributed by atoms with Gasteiger partial charge in [0.05, 0.1) is 16.7 Å². The van der Waals surface area contributed by atoms with E-state index in [1.165, 1.54) is 11.8 Å². The van der Waals surface area contributed by atoms with E-state index in [1.807, 2.05) is 57.2 Å². The van der Waals surface area contributed by atoms with Gasteiger partial charge in [-0.2, -0.15) is 0 Å². The molecule has 0 saturated heterocycles. The summed E-state index contributed by atoms with van der Waals surface area (Å²) < 4.78 is 1.66. The molecule has 3 aromatic rings. The number of thioether (sulfide) groups is 1. The van der Waals surface area contributed by atoms with Crippen molar-refractivity contribution in [1.82, 2.24) is 9.55 Å². The molecule has 0 unspecified atom stereocenters. The Kier molecular flexibility index (Phi) is 6.42. The minimum atomic E-state index is -0.107. The summed E-state index contributed by atoms with van der Waals surface area (Å²) in [6.07, 6.45) is 0. The van der Waals surface area contributed by atoms with Gasteiger partial charge in [0.2, 0.25) is 5.91 Å². The molecule has 0 saturated carbocycles. The van der Waals surface area contributed by atoms with Crippen molar-refractivity contribution in [1.29, 1.82) is 0 Å². The summed E-state index contributed by atoms with van der Waals surface area (Å²) in [5, 5.41) is 4.21. The first kappa shape index (κ1) is 21.1. The minimum absolute atomic E-state index is 0.0471. The number of aromatic nitrogens is 2. The quantitative estimate of drug-likeness (QED) is 0.452. The lowest BCUT2D eigenvalue weighted by molar-refractivity contribution is -0.113. The molecule has 0 bridgehead atoms.